The summed E-state index contributed by atoms with van der Waals surface area (Å²) in [5.74, 6) is -0.141. The number of nitrogens with zero attached hydrogens (tertiary/aromatic N) is 1. The van der Waals surface area contributed by atoms with Gasteiger partial charge in [0.2, 0.25) is 0 Å². The molecule has 0 aliphatic carbocycles. The largest absolute Gasteiger partial charge is 0.433 e. The van der Waals surface area contributed by atoms with Gasteiger partial charge >= 0.3 is 5.88 Å². The summed E-state index contributed by atoms with van der Waals surface area (Å²) in [7, 11) is 0. The van der Waals surface area contributed by atoms with Crippen LogP contribution in [0.15, 0.2) is 16.5 Å². The van der Waals surface area contributed by atoms with Gasteiger partial charge in [-0.25, -0.2) is 0 Å². The molecule has 0 radical (unpaired) electrons. The van der Waals surface area contributed by atoms with Crippen LogP contribution in [0.5, 0.6) is 0 Å². The highest BCUT2D eigenvalue weighted by atomic mass is 16.6. The van der Waals surface area contributed by atoms with Crippen LogP contribution in [-0.4, -0.2) is 10.0 Å². The number of hydrogen-bond acceptors (Lipinski definition) is 4. The molecule has 0 bridgehead atoms. The van der Waals surface area contributed by atoms with Crippen molar-refractivity contribution in [2.75, 3.05) is 0 Å². The Balaban J connectivity index is 2.90. The van der Waals surface area contributed by atoms with Crippen LogP contribution in [0, 0.1) is 10.1 Å². The molecule has 0 saturated heterocycles. The summed E-state index contributed by atoms with van der Waals surface area (Å²) in [6.45, 7) is 1.47. The van der Waals surface area contributed by atoms with Crippen LogP contribution in [0.25, 0.3) is 0 Å². The summed E-state index contributed by atoms with van der Waals surface area (Å²) < 4.78 is 4.66. The van der Waals surface area contributed by atoms with Gasteiger partial charge in [-0.3, -0.25) is 10.1 Å². The van der Waals surface area contributed by atoms with Gasteiger partial charge in [0.05, 0.1) is 6.07 Å². The Labute approximate surface area is 62.4 Å². The van der Waals surface area contributed by atoms with Gasteiger partial charge < -0.3 is 9.52 Å². The first-order valence-electron chi connectivity index (χ1n) is 3.03. The van der Waals surface area contributed by atoms with E-state index in [2.05, 4.69) is 4.42 Å². The van der Waals surface area contributed by atoms with Crippen LogP contribution < -0.4 is 0 Å². The van der Waals surface area contributed by atoms with Gasteiger partial charge in [-0.2, -0.15) is 0 Å². The maximum atomic E-state index is 10.1. The van der Waals surface area contributed by atoms with Gasteiger partial charge in [0, 0.05) is 0 Å². The Morgan fingerprint density at radius 3 is 2.64 bits per heavy atom. The van der Waals surface area contributed by atoms with E-state index in [1.54, 1.807) is 0 Å². The van der Waals surface area contributed by atoms with Gasteiger partial charge in [-0.1, -0.05) is 0 Å². The standard InChI is InChI=1S/C6H7NO4/c1-4(8)5-2-3-6(11-5)7(9)10/h2-4,8H,1H3/t4-/m0/s1. The molecule has 5 heteroatoms. The van der Waals surface area contributed by atoms with Gasteiger partial charge in [-0.15, -0.1) is 0 Å². The molecule has 1 aromatic rings. The molecule has 0 fully saturated rings. The maximum absolute atomic E-state index is 10.1. The fourth-order valence-corrected chi connectivity index (χ4v) is 0.665. The smallest absolute Gasteiger partial charge is 0.403 e. The zero-order valence-corrected chi connectivity index (χ0v) is 5.85. The molecule has 1 heterocycles. The molecule has 1 N–H and O–H groups in total. The molecular formula is C6H7NO4. The zero-order chi connectivity index (χ0) is 8.43. The van der Waals surface area contributed by atoms with Crippen LogP contribution >= 0.6 is 0 Å². The average molecular weight is 157 g/mol. The quantitative estimate of drug-likeness (QED) is 0.517. The van der Waals surface area contributed by atoms with Crippen molar-refractivity contribution in [3.63, 3.8) is 0 Å². The van der Waals surface area contributed by atoms with E-state index in [9.17, 15) is 10.1 Å². The van der Waals surface area contributed by atoms with E-state index in [1.165, 1.54) is 19.1 Å². The Morgan fingerprint density at radius 1 is 1.73 bits per heavy atom. The van der Waals surface area contributed by atoms with E-state index in [1.807, 2.05) is 0 Å². The zero-order valence-electron chi connectivity index (χ0n) is 5.85. The lowest BCUT2D eigenvalue weighted by Crippen LogP contribution is -1.87. The van der Waals surface area contributed by atoms with E-state index < -0.39 is 11.0 Å². The molecule has 0 aliphatic heterocycles. The first-order valence-corrected chi connectivity index (χ1v) is 3.03. The molecule has 11 heavy (non-hydrogen) atoms. The summed E-state index contributed by atoms with van der Waals surface area (Å²) in [6.07, 6.45) is -0.802. The lowest BCUT2D eigenvalue weighted by Gasteiger charge is -1.94. The highest BCUT2D eigenvalue weighted by Crippen LogP contribution is 2.20. The molecule has 0 spiro atoms. The summed E-state index contributed by atoms with van der Waals surface area (Å²) in [5.41, 5.74) is 0. The first kappa shape index (κ1) is 7.74. The molecule has 0 amide bonds. The average Bonchev–Trinajstić information content (AvgIpc) is 2.33. The number of rotatable bonds is 2. The molecule has 60 valence electrons. The second-order valence-electron chi connectivity index (χ2n) is 2.11. The van der Waals surface area contributed by atoms with Crippen LogP contribution in [0.3, 0.4) is 0 Å². The van der Waals surface area contributed by atoms with E-state index in [-0.39, 0.29) is 11.6 Å². The maximum Gasteiger partial charge on any atom is 0.433 e. The molecular weight excluding hydrogens is 150 g/mol. The fourth-order valence-electron chi connectivity index (χ4n) is 0.665. The van der Waals surface area contributed by atoms with E-state index in [0.29, 0.717) is 0 Å². The van der Waals surface area contributed by atoms with Crippen molar-refractivity contribution in [2.24, 2.45) is 0 Å². The third-order valence-electron chi connectivity index (χ3n) is 1.20. The van der Waals surface area contributed by atoms with Crippen molar-refractivity contribution in [2.45, 2.75) is 13.0 Å². The molecule has 1 atom stereocenters. The van der Waals surface area contributed by atoms with E-state index in [4.69, 9.17) is 5.11 Å². The van der Waals surface area contributed by atoms with Crippen LogP contribution in [0.4, 0.5) is 5.88 Å². The topological polar surface area (TPSA) is 76.5 Å². The summed E-state index contributed by atoms with van der Waals surface area (Å²) in [4.78, 5) is 9.42. The molecule has 1 rings (SSSR count). The summed E-state index contributed by atoms with van der Waals surface area (Å²) >= 11 is 0. The number of furan rings is 1. The lowest BCUT2D eigenvalue weighted by molar-refractivity contribution is -0.402. The Hall–Kier alpha value is -1.36. The third kappa shape index (κ3) is 1.56. The number of nitro groups is 1. The highest BCUT2D eigenvalue weighted by Gasteiger charge is 2.13. The van der Waals surface area contributed by atoms with Crippen LogP contribution in [0.1, 0.15) is 18.8 Å². The molecule has 1 aromatic heterocycles. The SMILES string of the molecule is C[C@H](O)c1ccc([N+](=O)[O-])o1. The van der Waals surface area contributed by atoms with Crippen molar-refractivity contribution in [1.29, 1.82) is 0 Å². The van der Waals surface area contributed by atoms with Gasteiger partial charge in [0.15, 0.2) is 0 Å². The molecule has 0 aliphatic rings. The number of aliphatic hydroxyl groups is 1. The van der Waals surface area contributed by atoms with Gasteiger partial charge in [0.25, 0.3) is 0 Å². The van der Waals surface area contributed by atoms with Crippen molar-refractivity contribution < 1.29 is 14.4 Å². The van der Waals surface area contributed by atoms with Crippen molar-refractivity contribution in [3.05, 3.63) is 28.0 Å². The minimum absolute atomic E-state index is 0.205. The fraction of sp³-hybridized carbons (Fsp3) is 0.333. The van der Waals surface area contributed by atoms with Gasteiger partial charge in [0.1, 0.15) is 16.8 Å². The molecule has 0 unspecified atom stereocenters. The minimum atomic E-state index is -0.802. The van der Waals surface area contributed by atoms with E-state index in [0.717, 1.165) is 0 Å². The second kappa shape index (κ2) is 2.71. The van der Waals surface area contributed by atoms with Crippen molar-refractivity contribution in [1.82, 2.24) is 0 Å². The Kier molecular flexibility index (Phi) is 1.91. The van der Waals surface area contributed by atoms with Crippen molar-refractivity contribution in [3.8, 4) is 0 Å². The van der Waals surface area contributed by atoms with E-state index >= 15 is 0 Å². The highest BCUT2D eigenvalue weighted by molar-refractivity contribution is 5.18. The normalized spacial score (nSPS) is 12.9. The lowest BCUT2D eigenvalue weighted by atomic mass is 10.3. The number of hydrogen-bond donors (Lipinski definition) is 1. The first-order chi connectivity index (χ1) is 5.11. The third-order valence-corrected chi connectivity index (χ3v) is 1.20. The summed E-state index contributed by atoms with van der Waals surface area (Å²) in [5, 5.41) is 19.0. The predicted molar refractivity (Wildman–Crippen MR) is 36.0 cm³/mol. The van der Waals surface area contributed by atoms with Crippen LogP contribution in [-0.2, 0) is 0 Å². The molecule has 0 saturated carbocycles. The minimum Gasteiger partial charge on any atom is -0.403 e. The second-order valence-corrected chi connectivity index (χ2v) is 2.11. The predicted octanol–water partition coefficient (Wildman–Crippen LogP) is 1.24. The number of aliphatic hydroxyl groups excluding tert-OH is 1. The van der Waals surface area contributed by atoms with Crippen LogP contribution in [0.2, 0.25) is 0 Å². The Morgan fingerprint density at radius 2 is 2.36 bits per heavy atom. The Bertz CT molecular complexity index is 265. The van der Waals surface area contributed by atoms with Gasteiger partial charge in [-0.05, 0) is 13.0 Å². The molecule has 0 aromatic carbocycles. The molecule has 5 nitrogen and oxygen atoms in total. The summed E-state index contributed by atoms with van der Waals surface area (Å²) in [6, 6.07) is 2.59. The monoisotopic (exact) mass is 157 g/mol. The van der Waals surface area contributed by atoms with Crippen molar-refractivity contribution >= 4 is 5.88 Å².